The van der Waals surface area contributed by atoms with Crippen LogP contribution in [0.5, 0.6) is 0 Å². The molecule has 0 unspecified atom stereocenters. The lowest BCUT2D eigenvalue weighted by Crippen LogP contribution is -2.31. The van der Waals surface area contributed by atoms with Crippen LogP contribution in [-0.2, 0) is 6.18 Å². The van der Waals surface area contributed by atoms with Gasteiger partial charge >= 0.3 is 6.18 Å². The summed E-state index contributed by atoms with van der Waals surface area (Å²) in [6, 6.07) is 4.19. The number of amides is 1. The van der Waals surface area contributed by atoms with Crippen molar-refractivity contribution in [2.45, 2.75) is 6.18 Å². The van der Waals surface area contributed by atoms with Gasteiger partial charge in [0, 0.05) is 18.7 Å². The van der Waals surface area contributed by atoms with E-state index in [0.29, 0.717) is 13.1 Å². The van der Waals surface area contributed by atoms with E-state index in [4.69, 9.17) is 0 Å². The largest absolute Gasteiger partial charge is 0.449 e. The van der Waals surface area contributed by atoms with Crippen molar-refractivity contribution in [3.05, 3.63) is 54.9 Å². The van der Waals surface area contributed by atoms with Gasteiger partial charge in [0.15, 0.2) is 0 Å². The average molecular weight is 309 g/mol. The predicted octanol–water partition coefficient (Wildman–Crippen LogP) is 3.40. The normalized spacial score (nSPS) is 11.4. The van der Waals surface area contributed by atoms with Crippen molar-refractivity contribution in [3.63, 3.8) is 0 Å². The molecule has 0 atom stereocenters. The van der Waals surface area contributed by atoms with Crippen LogP contribution >= 0.6 is 0 Å². The number of carbonyl (C=O) groups is 1. The van der Waals surface area contributed by atoms with Gasteiger partial charge in [-0.2, -0.15) is 13.2 Å². The Labute approximate surface area is 125 Å². The van der Waals surface area contributed by atoms with Crippen LogP contribution in [-0.4, -0.2) is 33.9 Å². The molecule has 0 saturated carbocycles. The topological polar surface area (TPSA) is 49.0 Å². The maximum Gasteiger partial charge on any atom is 0.449 e. The van der Waals surface area contributed by atoms with Gasteiger partial charge in [0.2, 0.25) is 5.82 Å². The van der Waals surface area contributed by atoms with Crippen molar-refractivity contribution in [1.82, 2.24) is 14.9 Å². The minimum atomic E-state index is -4.55. The summed E-state index contributed by atoms with van der Waals surface area (Å²) < 4.78 is 37.9. The summed E-state index contributed by atoms with van der Waals surface area (Å²) in [4.78, 5) is 19.5. The molecule has 116 valence electrons. The maximum absolute atomic E-state index is 12.6. The Balaban J connectivity index is 2.37. The van der Waals surface area contributed by atoms with Crippen LogP contribution in [0.3, 0.4) is 0 Å². The van der Waals surface area contributed by atoms with Gasteiger partial charge in [-0.15, -0.1) is 13.2 Å². The molecule has 1 aromatic heterocycles. The van der Waals surface area contributed by atoms with E-state index in [0.717, 1.165) is 0 Å². The monoisotopic (exact) mass is 309 g/mol. The van der Waals surface area contributed by atoms with E-state index < -0.39 is 12.0 Å². The second-order valence-electron chi connectivity index (χ2n) is 4.60. The molecule has 22 heavy (non-hydrogen) atoms. The molecule has 0 aliphatic rings. The molecule has 4 nitrogen and oxygen atoms in total. The molecule has 0 fully saturated rings. The SMILES string of the molecule is C=CCN(CC=C)C(=O)c1ccc2nc(C(F)(F)F)[nH]c2c1. The van der Waals surface area contributed by atoms with E-state index in [9.17, 15) is 18.0 Å². The lowest BCUT2D eigenvalue weighted by atomic mass is 10.1. The molecular formula is C15H14F3N3O. The molecule has 0 aliphatic heterocycles. The molecule has 2 rings (SSSR count). The minimum Gasteiger partial charge on any atom is -0.334 e. The number of H-pyrrole nitrogens is 1. The number of hydrogen-bond donors (Lipinski definition) is 1. The average Bonchev–Trinajstić information content (AvgIpc) is 2.89. The molecule has 0 radical (unpaired) electrons. The number of hydrogen-bond acceptors (Lipinski definition) is 2. The van der Waals surface area contributed by atoms with Crippen molar-refractivity contribution in [1.29, 1.82) is 0 Å². The molecule has 0 bridgehead atoms. The van der Waals surface area contributed by atoms with E-state index in [-0.39, 0.29) is 22.5 Å². The number of benzene rings is 1. The Morgan fingerprint density at radius 2 is 1.91 bits per heavy atom. The smallest absolute Gasteiger partial charge is 0.334 e. The highest BCUT2D eigenvalue weighted by molar-refractivity contribution is 5.97. The molecule has 1 aromatic carbocycles. The zero-order valence-corrected chi connectivity index (χ0v) is 11.7. The van der Waals surface area contributed by atoms with Gasteiger partial charge in [0.05, 0.1) is 11.0 Å². The third-order valence-electron chi connectivity index (χ3n) is 2.98. The zero-order chi connectivity index (χ0) is 16.3. The molecule has 0 aliphatic carbocycles. The first-order valence-electron chi connectivity index (χ1n) is 6.45. The van der Waals surface area contributed by atoms with Gasteiger partial charge < -0.3 is 9.88 Å². The van der Waals surface area contributed by atoms with Gasteiger partial charge in [-0.25, -0.2) is 4.98 Å². The van der Waals surface area contributed by atoms with Gasteiger partial charge in [-0.05, 0) is 18.2 Å². The molecule has 0 saturated heterocycles. The summed E-state index contributed by atoms with van der Waals surface area (Å²) in [5.41, 5.74) is 0.590. The molecule has 2 aromatic rings. The fourth-order valence-corrected chi connectivity index (χ4v) is 2.01. The summed E-state index contributed by atoms with van der Waals surface area (Å²) >= 11 is 0. The first-order valence-corrected chi connectivity index (χ1v) is 6.45. The minimum absolute atomic E-state index is 0.155. The number of fused-ring (bicyclic) bond motifs is 1. The van der Waals surface area contributed by atoms with Crippen LogP contribution in [0.1, 0.15) is 16.2 Å². The number of rotatable bonds is 5. The van der Waals surface area contributed by atoms with Crippen LogP contribution < -0.4 is 0 Å². The summed E-state index contributed by atoms with van der Waals surface area (Å²) in [6.07, 6.45) is -1.42. The summed E-state index contributed by atoms with van der Waals surface area (Å²) in [7, 11) is 0. The summed E-state index contributed by atoms with van der Waals surface area (Å²) in [5.74, 6) is -1.40. The Morgan fingerprint density at radius 1 is 1.27 bits per heavy atom. The standard InChI is InChI=1S/C15H14F3N3O/c1-3-7-21(8-4-2)13(22)10-5-6-11-12(9-10)20-14(19-11)15(16,17)18/h3-6,9H,1-2,7-8H2,(H,19,20). The fraction of sp³-hybridized carbons (Fsp3) is 0.200. The van der Waals surface area contributed by atoms with E-state index in [1.807, 2.05) is 0 Å². The Bertz CT molecular complexity index is 708. The number of nitrogens with zero attached hydrogens (tertiary/aromatic N) is 2. The Kier molecular flexibility index (Phi) is 4.35. The van der Waals surface area contributed by atoms with Gasteiger partial charge in [0.1, 0.15) is 0 Å². The second-order valence-corrected chi connectivity index (χ2v) is 4.60. The summed E-state index contributed by atoms with van der Waals surface area (Å²) in [6.45, 7) is 7.78. The highest BCUT2D eigenvalue weighted by atomic mass is 19.4. The lowest BCUT2D eigenvalue weighted by molar-refractivity contribution is -0.144. The number of carbonyl (C=O) groups excluding carboxylic acids is 1. The molecule has 7 heteroatoms. The molecule has 1 heterocycles. The van der Waals surface area contributed by atoms with Crippen molar-refractivity contribution in [2.75, 3.05) is 13.1 Å². The van der Waals surface area contributed by atoms with Crippen molar-refractivity contribution >= 4 is 16.9 Å². The zero-order valence-electron chi connectivity index (χ0n) is 11.7. The van der Waals surface area contributed by atoms with Gasteiger partial charge in [0.25, 0.3) is 5.91 Å². The van der Waals surface area contributed by atoms with Crippen molar-refractivity contribution < 1.29 is 18.0 Å². The van der Waals surface area contributed by atoms with E-state index in [1.165, 1.54) is 23.1 Å². The maximum atomic E-state index is 12.6. The number of halogens is 3. The van der Waals surface area contributed by atoms with Crippen LogP contribution in [0.25, 0.3) is 11.0 Å². The first-order chi connectivity index (χ1) is 10.4. The number of aromatic amines is 1. The van der Waals surface area contributed by atoms with Gasteiger partial charge in [-0.3, -0.25) is 4.79 Å². The van der Waals surface area contributed by atoms with Crippen LogP contribution in [0, 0.1) is 0 Å². The molecular weight excluding hydrogens is 295 g/mol. The Morgan fingerprint density at radius 3 is 2.45 bits per heavy atom. The van der Waals surface area contributed by atoms with Gasteiger partial charge in [-0.1, -0.05) is 12.2 Å². The highest BCUT2D eigenvalue weighted by Crippen LogP contribution is 2.28. The highest BCUT2D eigenvalue weighted by Gasteiger charge is 2.34. The number of aromatic nitrogens is 2. The third-order valence-corrected chi connectivity index (χ3v) is 2.98. The first kappa shape index (κ1) is 15.8. The van der Waals surface area contributed by atoms with Crippen LogP contribution in [0.4, 0.5) is 13.2 Å². The lowest BCUT2D eigenvalue weighted by Gasteiger charge is -2.19. The van der Waals surface area contributed by atoms with Crippen LogP contribution in [0.2, 0.25) is 0 Å². The number of alkyl halides is 3. The quantitative estimate of drug-likeness (QED) is 0.861. The number of imidazole rings is 1. The molecule has 1 amide bonds. The Hall–Kier alpha value is -2.57. The fourth-order valence-electron chi connectivity index (χ4n) is 2.01. The van der Waals surface area contributed by atoms with E-state index in [1.54, 1.807) is 12.2 Å². The van der Waals surface area contributed by atoms with E-state index >= 15 is 0 Å². The summed E-state index contributed by atoms with van der Waals surface area (Å²) in [5, 5.41) is 0. The molecule has 0 spiro atoms. The number of nitrogens with one attached hydrogen (secondary N) is 1. The third kappa shape index (κ3) is 3.19. The van der Waals surface area contributed by atoms with Crippen molar-refractivity contribution in [2.24, 2.45) is 0 Å². The molecule has 1 N–H and O–H groups in total. The van der Waals surface area contributed by atoms with Crippen molar-refractivity contribution in [3.8, 4) is 0 Å². The predicted molar refractivity (Wildman–Crippen MR) is 77.4 cm³/mol. The van der Waals surface area contributed by atoms with Crippen LogP contribution in [0.15, 0.2) is 43.5 Å². The second kappa shape index (κ2) is 6.05. The van der Waals surface area contributed by atoms with E-state index in [2.05, 4.69) is 23.1 Å².